The molecule has 5 nitrogen and oxygen atoms in total. The maximum Gasteiger partial charge on any atom is 0.205 e. The molecule has 0 amide bonds. The largest absolute Gasteiger partial charge is 0.486 e. The van der Waals surface area contributed by atoms with Crippen molar-refractivity contribution in [2.75, 3.05) is 0 Å². The smallest absolute Gasteiger partial charge is 0.205 e. The molecule has 0 unspecified atom stereocenters. The van der Waals surface area contributed by atoms with Crippen molar-refractivity contribution in [1.29, 1.82) is 5.26 Å². The summed E-state index contributed by atoms with van der Waals surface area (Å²) in [6.45, 7) is 0.303. The Morgan fingerprint density at radius 1 is 1.19 bits per heavy atom. The molecule has 0 fully saturated rings. The minimum absolute atomic E-state index is 0.00670. The summed E-state index contributed by atoms with van der Waals surface area (Å²) in [6.07, 6.45) is 1.68. The van der Waals surface area contributed by atoms with Crippen molar-refractivity contribution in [3.8, 4) is 11.8 Å². The summed E-state index contributed by atoms with van der Waals surface area (Å²) < 4.78 is 12.6. The van der Waals surface area contributed by atoms with E-state index in [1.807, 2.05) is 24.3 Å². The zero-order valence-corrected chi connectivity index (χ0v) is 19.9. The number of rotatable bonds is 4. The molecule has 1 aliphatic carbocycles. The van der Waals surface area contributed by atoms with Gasteiger partial charge in [0.25, 0.3) is 0 Å². The lowest BCUT2D eigenvalue weighted by Crippen LogP contribution is -2.27. The third kappa shape index (κ3) is 4.40. The van der Waals surface area contributed by atoms with Gasteiger partial charge in [-0.2, -0.15) is 5.26 Å². The first-order valence-corrected chi connectivity index (χ1v) is 11.4. The molecule has 0 bridgehead atoms. The Bertz CT molecular complexity index is 1140. The van der Waals surface area contributed by atoms with Crippen LogP contribution in [0.1, 0.15) is 36.3 Å². The Morgan fingerprint density at radius 2 is 1.87 bits per heavy atom. The van der Waals surface area contributed by atoms with Crippen LogP contribution in [0.2, 0.25) is 10.0 Å². The molecule has 0 radical (unpaired) electrons. The van der Waals surface area contributed by atoms with Crippen molar-refractivity contribution < 1.29 is 14.3 Å². The lowest BCUT2D eigenvalue weighted by atomic mass is 9.77. The van der Waals surface area contributed by atoms with Crippen LogP contribution in [-0.4, -0.2) is 5.78 Å². The van der Waals surface area contributed by atoms with Gasteiger partial charge in [0.1, 0.15) is 24.0 Å². The summed E-state index contributed by atoms with van der Waals surface area (Å²) in [5, 5.41) is 10.3. The molecule has 2 aliphatic rings. The zero-order chi connectivity index (χ0) is 22.1. The van der Waals surface area contributed by atoms with Crippen LogP contribution in [-0.2, 0) is 16.1 Å². The maximum atomic E-state index is 12.7. The molecule has 2 aromatic carbocycles. The average Bonchev–Trinajstić information content (AvgIpc) is 2.73. The number of carbonyl (C=O) groups excluding carboxylic acids is 1. The second-order valence-corrected chi connectivity index (χ2v) is 9.33. The second-order valence-electron chi connectivity index (χ2n) is 7.27. The van der Waals surface area contributed by atoms with Crippen molar-refractivity contribution in [2.24, 2.45) is 5.73 Å². The first-order valence-electron chi connectivity index (χ1n) is 9.59. The van der Waals surface area contributed by atoms with E-state index in [9.17, 15) is 10.1 Å². The van der Waals surface area contributed by atoms with E-state index >= 15 is 0 Å². The van der Waals surface area contributed by atoms with Crippen molar-refractivity contribution in [1.82, 2.24) is 0 Å². The molecule has 158 valence electrons. The Morgan fingerprint density at radius 3 is 2.52 bits per heavy atom. The van der Waals surface area contributed by atoms with Gasteiger partial charge in [0, 0.05) is 22.0 Å². The molecule has 0 saturated heterocycles. The third-order valence-corrected chi connectivity index (χ3v) is 6.54. The van der Waals surface area contributed by atoms with Gasteiger partial charge in [-0.15, -0.1) is 0 Å². The van der Waals surface area contributed by atoms with Crippen molar-refractivity contribution in [3.63, 3.8) is 0 Å². The van der Waals surface area contributed by atoms with Crippen LogP contribution in [0.4, 0.5) is 0 Å². The standard InChI is InChI=1S/C23H17Cl2IN2O3/c24-16-8-13(9-17(25)22(16)30-11-12-4-6-14(26)7-5-12)20-15(10-27)23(28)31-19-3-1-2-18(29)21(19)20/h4-9,20H,1-3,11,28H2/t20-/m0/s1. The van der Waals surface area contributed by atoms with Gasteiger partial charge in [0.15, 0.2) is 11.5 Å². The first kappa shape index (κ1) is 22.0. The molecule has 8 heteroatoms. The number of carbonyl (C=O) groups is 1. The molecule has 0 aromatic heterocycles. The SMILES string of the molecule is N#CC1=C(N)OC2=C(C(=O)CCC2)[C@H]1c1cc(Cl)c(OCc2ccc(I)cc2)c(Cl)c1. The van der Waals surface area contributed by atoms with Crippen molar-refractivity contribution >= 4 is 51.6 Å². The van der Waals surface area contributed by atoms with E-state index in [0.29, 0.717) is 58.6 Å². The number of benzene rings is 2. The van der Waals surface area contributed by atoms with Gasteiger partial charge in [0.2, 0.25) is 5.88 Å². The van der Waals surface area contributed by atoms with E-state index in [1.54, 1.807) is 12.1 Å². The van der Waals surface area contributed by atoms with Crippen LogP contribution >= 0.6 is 45.8 Å². The number of nitrogens with two attached hydrogens (primary N) is 1. The number of halogens is 3. The molecular formula is C23H17Cl2IN2O3. The maximum absolute atomic E-state index is 12.7. The van der Waals surface area contributed by atoms with E-state index in [-0.39, 0.29) is 17.2 Å². The van der Waals surface area contributed by atoms with E-state index in [4.69, 9.17) is 38.4 Å². The average molecular weight is 567 g/mol. The molecule has 1 atom stereocenters. The van der Waals surface area contributed by atoms with E-state index in [0.717, 1.165) is 9.13 Å². The van der Waals surface area contributed by atoms with Crippen LogP contribution in [0.25, 0.3) is 0 Å². The van der Waals surface area contributed by atoms with E-state index in [1.165, 1.54) is 0 Å². The van der Waals surface area contributed by atoms with Gasteiger partial charge < -0.3 is 15.2 Å². The minimum atomic E-state index is -0.665. The zero-order valence-electron chi connectivity index (χ0n) is 16.3. The van der Waals surface area contributed by atoms with Crippen LogP contribution in [0.3, 0.4) is 0 Å². The monoisotopic (exact) mass is 566 g/mol. The highest BCUT2D eigenvalue weighted by Crippen LogP contribution is 2.46. The number of nitrogens with zero attached hydrogens (tertiary/aromatic N) is 1. The summed E-state index contributed by atoms with van der Waals surface area (Å²) >= 11 is 15.3. The van der Waals surface area contributed by atoms with E-state index < -0.39 is 5.92 Å². The lowest BCUT2D eigenvalue weighted by molar-refractivity contribution is -0.116. The molecule has 31 heavy (non-hydrogen) atoms. The Balaban J connectivity index is 1.69. The van der Waals surface area contributed by atoms with Gasteiger partial charge in [-0.05, 0) is 64.4 Å². The predicted octanol–water partition coefficient (Wildman–Crippen LogP) is 5.99. The number of hydrogen-bond acceptors (Lipinski definition) is 5. The van der Waals surface area contributed by atoms with Gasteiger partial charge in [0.05, 0.1) is 16.0 Å². The van der Waals surface area contributed by atoms with Gasteiger partial charge >= 0.3 is 0 Å². The molecule has 0 saturated carbocycles. The quantitative estimate of drug-likeness (QED) is 0.459. The van der Waals surface area contributed by atoms with Gasteiger partial charge in [-0.25, -0.2) is 0 Å². The predicted molar refractivity (Wildman–Crippen MR) is 126 cm³/mol. The summed E-state index contributed by atoms with van der Waals surface area (Å²) in [7, 11) is 0. The fourth-order valence-electron chi connectivity index (χ4n) is 3.81. The molecule has 2 N–H and O–H groups in total. The van der Waals surface area contributed by atoms with Crippen LogP contribution < -0.4 is 10.5 Å². The molecule has 0 spiro atoms. The summed E-state index contributed by atoms with van der Waals surface area (Å²) in [4.78, 5) is 12.7. The number of ether oxygens (including phenoxy) is 2. The number of nitriles is 1. The number of allylic oxidation sites excluding steroid dienone is 3. The fourth-order valence-corrected chi connectivity index (χ4v) is 4.78. The number of ketones is 1. The minimum Gasteiger partial charge on any atom is -0.486 e. The van der Waals surface area contributed by atoms with Gasteiger partial charge in [-0.3, -0.25) is 4.79 Å². The number of hydrogen-bond donors (Lipinski definition) is 1. The highest BCUT2D eigenvalue weighted by Gasteiger charge is 2.38. The Labute approximate surface area is 203 Å². The summed E-state index contributed by atoms with van der Waals surface area (Å²) in [5.41, 5.74) is 8.20. The van der Waals surface area contributed by atoms with Crippen LogP contribution in [0.15, 0.2) is 59.2 Å². The third-order valence-electron chi connectivity index (χ3n) is 5.26. The highest BCUT2D eigenvalue weighted by molar-refractivity contribution is 14.1. The Kier molecular flexibility index (Phi) is 6.47. The fraction of sp³-hybridized carbons (Fsp3) is 0.217. The summed E-state index contributed by atoms with van der Waals surface area (Å²) in [6, 6.07) is 13.3. The van der Waals surface area contributed by atoms with Crippen LogP contribution in [0.5, 0.6) is 5.75 Å². The Hall–Kier alpha value is -2.21. The first-order chi connectivity index (χ1) is 14.9. The van der Waals surface area contributed by atoms with Crippen LogP contribution in [0, 0.1) is 14.9 Å². The highest BCUT2D eigenvalue weighted by atomic mass is 127. The lowest BCUT2D eigenvalue weighted by Gasteiger charge is -2.31. The van der Waals surface area contributed by atoms with Crippen molar-refractivity contribution in [3.05, 3.63) is 83.9 Å². The normalized spacial score (nSPS) is 18.4. The van der Waals surface area contributed by atoms with E-state index in [2.05, 4.69) is 28.7 Å². The second kappa shape index (κ2) is 9.11. The summed E-state index contributed by atoms with van der Waals surface area (Å²) in [5.74, 6) is 0.146. The van der Waals surface area contributed by atoms with Gasteiger partial charge in [-0.1, -0.05) is 35.3 Å². The number of Topliss-reactive ketones (excluding diaryl/α,β-unsaturated/α-hetero) is 1. The molecule has 1 aliphatic heterocycles. The molecule has 1 heterocycles. The topological polar surface area (TPSA) is 85.3 Å². The molecular weight excluding hydrogens is 550 g/mol. The molecule has 2 aromatic rings. The molecule has 4 rings (SSSR count). The van der Waals surface area contributed by atoms with Crippen molar-refractivity contribution in [2.45, 2.75) is 31.8 Å².